The topological polar surface area (TPSA) is 57.5 Å². The quantitative estimate of drug-likeness (QED) is 0.440. The monoisotopic (exact) mass is 280 g/mol. The fourth-order valence-corrected chi connectivity index (χ4v) is 1.56. The van der Waals surface area contributed by atoms with E-state index in [2.05, 4.69) is 53.6 Å². The fourth-order valence-electron chi connectivity index (χ4n) is 1.56. The van der Waals surface area contributed by atoms with Gasteiger partial charge in [0.05, 0.1) is 0 Å². The first kappa shape index (κ1) is 16.5. The Hall–Kier alpha value is -1.56. The number of nitrogens with one attached hydrogen (secondary N) is 2. The van der Waals surface area contributed by atoms with E-state index in [-0.39, 0.29) is 5.54 Å². The van der Waals surface area contributed by atoms with Crippen molar-refractivity contribution in [2.24, 2.45) is 4.99 Å². The molecule has 2 N–H and O–H groups in total. The smallest absolute Gasteiger partial charge is 0.191 e. The molecule has 1 rings (SSSR count). The third-order valence-electron chi connectivity index (χ3n) is 3.54. The summed E-state index contributed by atoms with van der Waals surface area (Å²) >= 11 is 0. The van der Waals surface area contributed by atoms with E-state index in [9.17, 15) is 0 Å². The van der Waals surface area contributed by atoms with E-state index < -0.39 is 0 Å². The van der Waals surface area contributed by atoms with Gasteiger partial charge in [0.25, 0.3) is 0 Å². The van der Waals surface area contributed by atoms with Crippen molar-refractivity contribution in [1.29, 1.82) is 0 Å². The zero-order chi connectivity index (χ0) is 15.0. The molecule has 0 aromatic carbocycles. The minimum Gasteiger partial charge on any atom is -0.356 e. The Morgan fingerprint density at radius 3 is 2.65 bits per heavy atom. The molecule has 1 aromatic rings. The van der Waals surface area contributed by atoms with E-state index in [1.807, 2.05) is 16.9 Å². The molecule has 0 aliphatic heterocycles. The summed E-state index contributed by atoms with van der Waals surface area (Å²) in [5.74, 6) is 0.848. The molecular formula is C14H28N6. The first-order chi connectivity index (χ1) is 9.45. The first-order valence-electron chi connectivity index (χ1n) is 7.05. The van der Waals surface area contributed by atoms with Crippen LogP contribution in [0.5, 0.6) is 0 Å². The highest BCUT2D eigenvalue weighted by Gasteiger charge is 2.20. The summed E-state index contributed by atoms with van der Waals surface area (Å²) in [6.07, 6.45) is 4.80. The molecule has 20 heavy (non-hydrogen) atoms. The lowest BCUT2D eigenvalue weighted by atomic mass is 10.0. The van der Waals surface area contributed by atoms with Gasteiger partial charge < -0.3 is 15.5 Å². The van der Waals surface area contributed by atoms with Gasteiger partial charge in [0.2, 0.25) is 0 Å². The second-order valence-electron chi connectivity index (χ2n) is 5.68. The lowest BCUT2D eigenvalue weighted by Gasteiger charge is -2.33. The predicted molar refractivity (Wildman–Crippen MR) is 84.0 cm³/mol. The molecule has 0 saturated carbocycles. The van der Waals surface area contributed by atoms with Gasteiger partial charge in [0, 0.05) is 44.6 Å². The second-order valence-corrected chi connectivity index (χ2v) is 5.68. The highest BCUT2D eigenvalue weighted by Crippen LogP contribution is 2.07. The molecule has 1 aromatic heterocycles. The van der Waals surface area contributed by atoms with E-state index in [0.717, 1.165) is 32.0 Å². The van der Waals surface area contributed by atoms with Crippen LogP contribution in [-0.4, -0.2) is 60.4 Å². The second kappa shape index (κ2) is 7.89. The zero-order valence-corrected chi connectivity index (χ0v) is 13.3. The first-order valence-corrected chi connectivity index (χ1v) is 7.05. The largest absolute Gasteiger partial charge is 0.356 e. The van der Waals surface area contributed by atoms with E-state index in [1.54, 1.807) is 13.2 Å². The maximum atomic E-state index is 4.24. The summed E-state index contributed by atoms with van der Waals surface area (Å²) in [5.41, 5.74) is 0.0900. The molecule has 0 radical (unpaired) electrons. The number of rotatable bonds is 7. The Morgan fingerprint density at radius 1 is 1.35 bits per heavy atom. The van der Waals surface area contributed by atoms with Crippen molar-refractivity contribution >= 4 is 5.96 Å². The standard InChI is InChI=1S/C14H28N6/c1-14(2,19(4)5)12-17-13(15-3)16-8-6-10-20-11-7-9-18-20/h7,9,11H,6,8,10,12H2,1-5H3,(H2,15,16,17). The maximum Gasteiger partial charge on any atom is 0.191 e. The fraction of sp³-hybridized carbons (Fsp3) is 0.714. The van der Waals surface area contributed by atoms with Gasteiger partial charge in [0.15, 0.2) is 5.96 Å². The van der Waals surface area contributed by atoms with Gasteiger partial charge in [-0.15, -0.1) is 0 Å². The number of hydrogen-bond acceptors (Lipinski definition) is 3. The summed E-state index contributed by atoms with van der Waals surface area (Å²) < 4.78 is 1.94. The van der Waals surface area contributed by atoms with E-state index >= 15 is 0 Å². The Bertz CT molecular complexity index is 394. The van der Waals surface area contributed by atoms with Crippen LogP contribution in [-0.2, 0) is 6.54 Å². The minimum absolute atomic E-state index is 0.0900. The van der Waals surface area contributed by atoms with Crippen molar-refractivity contribution in [2.75, 3.05) is 34.2 Å². The van der Waals surface area contributed by atoms with E-state index in [4.69, 9.17) is 0 Å². The molecule has 6 heteroatoms. The predicted octanol–water partition coefficient (Wildman–Crippen LogP) is 0.778. The SMILES string of the molecule is CN=C(NCCCn1cccn1)NCC(C)(C)N(C)C. The Balaban J connectivity index is 2.23. The molecule has 0 aliphatic carbocycles. The normalized spacial score (nSPS) is 12.8. The van der Waals surface area contributed by atoms with Crippen LogP contribution in [0.3, 0.4) is 0 Å². The third kappa shape index (κ3) is 5.61. The van der Waals surface area contributed by atoms with Gasteiger partial charge >= 0.3 is 0 Å². The van der Waals surface area contributed by atoms with Gasteiger partial charge in [-0.1, -0.05) is 0 Å². The van der Waals surface area contributed by atoms with Gasteiger partial charge in [-0.25, -0.2) is 0 Å². The van der Waals surface area contributed by atoms with Gasteiger partial charge in [-0.05, 0) is 40.4 Å². The van der Waals surface area contributed by atoms with E-state index in [1.165, 1.54) is 0 Å². The lowest BCUT2D eigenvalue weighted by Crippen LogP contribution is -2.50. The van der Waals surface area contributed by atoms with Gasteiger partial charge in [-0.3, -0.25) is 9.67 Å². The van der Waals surface area contributed by atoms with Crippen LogP contribution in [0.4, 0.5) is 0 Å². The van der Waals surface area contributed by atoms with E-state index in [0.29, 0.717) is 0 Å². The molecule has 0 amide bonds. The van der Waals surface area contributed by atoms with Crippen molar-refractivity contribution < 1.29 is 0 Å². The molecule has 1 heterocycles. The molecule has 6 nitrogen and oxygen atoms in total. The highest BCUT2D eigenvalue weighted by atomic mass is 15.3. The molecule has 114 valence electrons. The van der Waals surface area contributed by atoms with Crippen molar-refractivity contribution in [1.82, 2.24) is 25.3 Å². The van der Waals surface area contributed by atoms with Crippen LogP contribution in [0.15, 0.2) is 23.5 Å². The number of likely N-dealkylation sites (N-methyl/N-ethyl adjacent to an activating group) is 1. The molecule has 0 bridgehead atoms. The minimum atomic E-state index is 0.0900. The summed E-state index contributed by atoms with van der Waals surface area (Å²) in [6.45, 7) is 7.04. The number of guanidine groups is 1. The molecule has 0 unspecified atom stereocenters. The Morgan fingerprint density at radius 2 is 2.10 bits per heavy atom. The highest BCUT2D eigenvalue weighted by molar-refractivity contribution is 5.79. The van der Waals surface area contributed by atoms with Crippen molar-refractivity contribution in [3.63, 3.8) is 0 Å². The zero-order valence-electron chi connectivity index (χ0n) is 13.3. The number of nitrogens with zero attached hydrogens (tertiary/aromatic N) is 4. The van der Waals surface area contributed by atoms with Crippen molar-refractivity contribution in [3.05, 3.63) is 18.5 Å². The van der Waals surface area contributed by atoms with Crippen LogP contribution in [0.2, 0.25) is 0 Å². The summed E-state index contributed by atoms with van der Waals surface area (Å²) in [5, 5.41) is 10.9. The maximum absolute atomic E-state index is 4.24. The molecule has 0 saturated heterocycles. The molecule has 0 fully saturated rings. The molecule has 0 spiro atoms. The average molecular weight is 280 g/mol. The number of aromatic nitrogens is 2. The molecule has 0 aliphatic rings. The van der Waals surface area contributed by atoms with Crippen LogP contribution in [0.1, 0.15) is 20.3 Å². The average Bonchev–Trinajstić information content (AvgIpc) is 2.90. The Kier molecular flexibility index (Phi) is 6.51. The van der Waals surface area contributed by atoms with Crippen LogP contribution in [0.25, 0.3) is 0 Å². The van der Waals surface area contributed by atoms with Crippen LogP contribution < -0.4 is 10.6 Å². The number of hydrogen-bond donors (Lipinski definition) is 2. The summed E-state index contributed by atoms with van der Waals surface area (Å²) in [4.78, 5) is 6.44. The summed E-state index contributed by atoms with van der Waals surface area (Å²) in [6, 6.07) is 1.94. The lowest BCUT2D eigenvalue weighted by molar-refractivity contribution is 0.197. The molecular weight excluding hydrogens is 252 g/mol. The Labute approximate surface area is 122 Å². The van der Waals surface area contributed by atoms with Crippen molar-refractivity contribution in [2.45, 2.75) is 32.4 Å². The number of aryl methyl sites for hydroxylation is 1. The third-order valence-corrected chi connectivity index (χ3v) is 3.54. The van der Waals surface area contributed by atoms with Crippen LogP contribution in [0, 0.1) is 0 Å². The van der Waals surface area contributed by atoms with Gasteiger partial charge in [-0.2, -0.15) is 5.10 Å². The van der Waals surface area contributed by atoms with Crippen LogP contribution >= 0.6 is 0 Å². The van der Waals surface area contributed by atoms with Crippen molar-refractivity contribution in [3.8, 4) is 0 Å². The summed E-state index contributed by atoms with van der Waals surface area (Å²) in [7, 11) is 5.97. The number of aliphatic imine (C=N–C) groups is 1. The van der Waals surface area contributed by atoms with Gasteiger partial charge in [0.1, 0.15) is 0 Å². The molecule has 0 atom stereocenters.